The fourth-order valence-corrected chi connectivity index (χ4v) is 5.00. The smallest absolute Gasteiger partial charge is 0.322 e. The lowest BCUT2D eigenvalue weighted by Gasteiger charge is -2.37. The van der Waals surface area contributed by atoms with Crippen molar-refractivity contribution >= 4 is 17.8 Å². The predicted octanol–water partition coefficient (Wildman–Crippen LogP) is 1.01. The molecule has 4 rings (SSSR count). The highest BCUT2D eigenvalue weighted by Crippen LogP contribution is 2.49. The third kappa shape index (κ3) is 2.20. The second-order valence-electron chi connectivity index (χ2n) is 7.51. The Bertz CT molecular complexity index is 525. The molecule has 2 saturated carbocycles. The topological polar surface area (TPSA) is 78.5 Å². The van der Waals surface area contributed by atoms with Gasteiger partial charge in [-0.2, -0.15) is 0 Å². The molecular formula is C16H23N3O3. The number of nitrogens with zero attached hydrogens (tertiary/aromatic N) is 1. The average Bonchev–Trinajstić information content (AvgIpc) is 3.16. The van der Waals surface area contributed by atoms with Gasteiger partial charge in [-0.1, -0.05) is 6.42 Å². The van der Waals surface area contributed by atoms with E-state index in [2.05, 4.69) is 10.6 Å². The lowest BCUT2D eigenvalue weighted by Crippen LogP contribution is -2.55. The van der Waals surface area contributed by atoms with Crippen LogP contribution in [0.4, 0.5) is 4.79 Å². The number of likely N-dealkylation sites (tertiary alicyclic amines) is 1. The molecule has 4 fully saturated rings. The van der Waals surface area contributed by atoms with E-state index in [1.54, 1.807) is 0 Å². The number of amides is 4. The predicted molar refractivity (Wildman–Crippen MR) is 78.8 cm³/mol. The zero-order chi connectivity index (χ0) is 15.3. The van der Waals surface area contributed by atoms with E-state index in [4.69, 9.17) is 0 Å². The molecule has 2 aliphatic heterocycles. The molecular weight excluding hydrogens is 282 g/mol. The highest BCUT2D eigenvalue weighted by Gasteiger charge is 2.48. The van der Waals surface area contributed by atoms with Crippen LogP contribution >= 0.6 is 0 Å². The highest BCUT2D eigenvalue weighted by atomic mass is 16.2. The van der Waals surface area contributed by atoms with E-state index in [9.17, 15) is 14.4 Å². The second kappa shape index (κ2) is 4.96. The van der Waals surface area contributed by atoms with Gasteiger partial charge in [0, 0.05) is 19.5 Å². The van der Waals surface area contributed by atoms with Crippen LogP contribution in [0, 0.1) is 17.8 Å². The number of fused-ring (bicyclic) bond motifs is 2. The van der Waals surface area contributed by atoms with Gasteiger partial charge in [-0.15, -0.1) is 0 Å². The molecule has 4 amide bonds. The van der Waals surface area contributed by atoms with Crippen LogP contribution in [-0.2, 0) is 9.59 Å². The van der Waals surface area contributed by atoms with E-state index < -0.39 is 11.6 Å². The average molecular weight is 305 g/mol. The number of hydrogen-bond acceptors (Lipinski definition) is 3. The van der Waals surface area contributed by atoms with Crippen molar-refractivity contribution in [2.75, 3.05) is 13.1 Å². The number of piperidine rings is 1. The molecule has 2 heterocycles. The Morgan fingerprint density at radius 3 is 2.50 bits per heavy atom. The largest absolute Gasteiger partial charge is 0.342 e. The molecule has 0 unspecified atom stereocenters. The van der Waals surface area contributed by atoms with Crippen molar-refractivity contribution in [3.63, 3.8) is 0 Å². The van der Waals surface area contributed by atoms with E-state index >= 15 is 0 Å². The Morgan fingerprint density at radius 1 is 1.18 bits per heavy atom. The molecule has 0 aromatic heterocycles. The van der Waals surface area contributed by atoms with Crippen molar-refractivity contribution in [2.45, 2.75) is 50.5 Å². The Labute approximate surface area is 130 Å². The van der Waals surface area contributed by atoms with E-state index in [0.29, 0.717) is 38.3 Å². The normalized spacial score (nSPS) is 35.8. The summed E-state index contributed by atoms with van der Waals surface area (Å²) < 4.78 is 0. The Kier molecular flexibility index (Phi) is 3.16. The standard InChI is InChI=1S/C16H23N3O3/c20-13(9-12-8-10-1-2-11(12)7-10)19-5-3-16(4-6-19)14(21)17-15(22)18-16/h10-12H,1-9H2,(H2,17,18,21,22)/t10-,11+,12-/m1/s1. The molecule has 0 aromatic carbocycles. The maximum Gasteiger partial charge on any atom is 0.322 e. The Balaban J connectivity index is 1.33. The van der Waals surface area contributed by atoms with Crippen molar-refractivity contribution in [3.8, 4) is 0 Å². The van der Waals surface area contributed by atoms with E-state index in [1.165, 1.54) is 25.7 Å². The first-order valence-electron chi connectivity index (χ1n) is 8.47. The molecule has 6 heteroatoms. The molecule has 120 valence electrons. The quantitative estimate of drug-likeness (QED) is 0.748. The summed E-state index contributed by atoms with van der Waals surface area (Å²) in [5.41, 5.74) is -0.777. The molecule has 2 aliphatic carbocycles. The fraction of sp³-hybridized carbons (Fsp3) is 0.812. The van der Waals surface area contributed by atoms with E-state index in [1.807, 2.05) is 4.90 Å². The number of imide groups is 1. The minimum Gasteiger partial charge on any atom is -0.342 e. The van der Waals surface area contributed by atoms with Crippen LogP contribution in [0.2, 0.25) is 0 Å². The summed E-state index contributed by atoms with van der Waals surface area (Å²) in [4.78, 5) is 37.6. The summed E-state index contributed by atoms with van der Waals surface area (Å²) >= 11 is 0. The number of nitrogens with one attached hydrogen (secondary N) is 2. The zero-order valence-electron chi connectivity index (χ0n) is 12.8. The fourth-order valence-electron chi connectivity index (χ4n) is 5.00. The first-order valence-corrected chi connectivity index (χ1v) is 8.47. The van der Waals surface area contributed by atoms with Gasteiger partial charge in [0.15, 0.2) is 0 Å². The van der Waals surface area contributed by atoms with Crippen molar-refractivity contribution in [2.24, 2.45) is 17.8 Å². The van der Waals surface area contributed by atoms with Crippen molar-refractivity contribution < 1.29 is 14.4 Å². The van der Waals surface area contributed by atoms with Gasteiger partial charge in [0.2, 0.25) is 5.91 Å². The first kappa shape index (κ1) is 14.0. The molecule has 0 aromatic rings. The second-order valence-corrected chi connectivity index (χ2v) is 7.51. The minimum atomic E-state index is -0.777. The van der Waals surface area contributed by atoms with Crippen LogP contribution in [0.3, 0.4) is 0 Å². The van der Waals surface area contributed by atoms with Crippen LogP contribution in [0.5, 0.6) is 0 Å². The molecule has 2 saturated heterocycles. The maximum atomic E-state index is 12.5. The van der Waals surface area contributed by atoms with Gasteiger partial charge >= 0.3 is 6.03 Å². The summed E-state index contributed by atoms with van der Waals surface area (Å²) in [5, 5.41) is 5.04. The van der Waals surface area contributed by atoms with Crippen LogP contribution in [-0.4, -0.2) is 41.4 Å². The summed E-state index contributed by atoms with van der Waals surface area (Å²) in [5.74, 6) is 2.21. The Hall–Kier alpha value is -1.59. The third-order valence-corrected chi connectivity index (χ3v) is 6.31. The lowest BCUT2D eigenvalue weighted by atomic mass is 9.84. The minimum absolute atomic E-state index is 0.233. The summed E-state index contributed by atoms with van der Waals surface area (Å²) in [7, 11) is 0. The van der Waals surface area contributed by atoms with Gasteiger partial charge in [-0.25, -0.2) is 4.79 Å². The van der Waals surface area contributed by atoms with Crippen LogP contribution < -0.4 is 10.6 Å². The van der Waals surface area contributed by atoms with Gasteiger partial charge in [0.05, 0.1) is 0 Å². The van der Waals surface area contributed by atoms with E-state index in [-0.39, 0.29) is 11.8 Å². The number of urea groups is 1. The number of carbonyl (C=O) groups is 3. The van der Waals surface area contributed by atoms with Crippen LogP contribution in [0.25, 0.3) is 0 Å². The summed E-state index contributed by atoms with van der Waals surface area (Å²) in [6, 6.07) is -0.410. The van der Waals surface area contributed by atoms with Gasteiger partial charge in [0.1, 0.15) is 5.54 Å². The lowest BCUT2D eigenvalue weighted by molar-refractivity contribution is -0.136. The van der Waals surface area contributed by atoms with Gasteiger partial charge in [-0.3, -0.25) is 14.9 Å². The molecule has 3 atom stereocenters. The third-order valence-electron chi connectivity index (χ3n) is 6.31. The molecule has 1 spiro atoms. The monoisotopic (exact) mass is 305 g/mol. The van der Waals surface area contributed by atoms with Crippen molar-refractivity contribution in [3.05, 3.63) is 0 Å². The first-order chi connectivity index (χ1) is 10.6. The molecule has 4 aliphatic rings. The van der Waals surface area contributed by atoms with Crippen molar-refractivity contribution in [1.82, 2.24) is 15.5 Å². The number of carbonyl (C=O) groups excluding carboxylic acids is 3. The highest BCUT2D eigenvalue weighted by molar-refractivity contribution is 6.07. The van der Waals surface area contributed by atoms with Gasteiger partial charge in [0.25, 0.3) is 5.91 Å². The molecule has 6 nitrogen and oxygen atoms in total. The van der Waals surface area contributed by atoms with Crippen LogP contribution in [0.1, 0.15) is 44.9 Å². The molecule has 0 radical (unpaired) electrons. The Morgan fingerprint density at radius 2 is 1.95 bits per heavy atom. The van der Waals surface area contributed by atoms with Crippen LogP contribution in [0.15, 0.2) is 0 Å². The number of rotatable bonds is 2. The SMILES string of the molecule is O=C1NC(=O)C2(CCN(C(=O)C[C@H]3C[C@@H]4CC[C@H]3C4)CC2)N1. The number of hydrogen-bond donors (Lipinski definition) is 2. The van der Waals surface area contributed by atoms with Gasteiger partial charge in [-0.05, 0) is 49.9 Å². The molecule has 2 N–H and O–H groups in total. The summed E-state index contributed by atoms with van der Waals surface area (Å²) in [6.45, 7) is 1.13. The summed E-state index contributed by atoms with van der Waals surface area (Å²) in [6.07, 6.45) is 6.93. The van der Waals surface area contributed by atoms with Gasteiger partial charge < -0.3 is 10.2 Å². The van der Waals surface area contributed by atoms with E-state index in [0.717, 1.165) is 11.8 Å². The molecule has 2 bridgehead atoms. The van der Waals surface area contributed by atoms with Crippen molar-refractivity contribution in [1.29, 1.82) is 0 Å². The zero-order valence-corrected chi connectivity index (χ0v) is 12.8. The molecule has 22 heavy (non-hydrogen) atoms. The maximum absolute atomic E-state index is 12.5.